The van der Waals surface area contributed by atoms with Crippen molar-refractivity contribution in [3.05, 3.63) is 52.8 Å². The van der Waals surface area contributed by atoms with Crippen molar-refractivity contribution < 1.29 is 27.2 Å². The Kier molecular flexibility index (Phi) is 6.08. The highest BCUT2D eigenvalue weighted by Gasteiger charge is 2.37. The minimum Gasteiger partial charge on any atom is -0.496 e. The number of piperidine rings is 1. The smallest absolute Gasteiger partial charge is 0.417 e. The number of methoxy groups -OCH3 is 1. The number of aromatic nitrogens is 2. The maximum absolute atomic E-state index is 13.6. The van der Waals surface area contributed by atoms with E-state index in [0.29, 0.717) is 44.5 Å². The van der Waals surface area contributed by atoms with Crippen molar-refractivity contribution in [2.45, 2.75) is 44.7 Å². The number of carbonyl (C=O) groups is 1. The fraction of sp³-hybridized carbons (Fsp3) is 0.435. The van der Waals surface area contributed by atoms with Gasteiger partial charge in [-0.1, -0.05) is 23.4 Å². The second kappa shape index (κ2) is 8.80. The van der Waals surface area contributed by atoms with E-state index in [9.17, 15) is 18.0 Å². The molecule has 32 heavy (non-hydrogen) atoms. The molecule has 1 aliphatic heterocycles. The van der Waals surface area contributed by atoms with Crippen LogP contribution in [-0.2, 0) is 17.4 Å². The summed E-state index contributed by atoms with van der Waals surface area (Å²) in [6.07, 6.45) is -2.51. The van der Waals surface area contributed by atoms with Gasteiger partial charge in [0.1, 0.15) is 5.75 Å². The molecule has 9 heteroatoms. The molecule has 1 aliphatic rings. The van der Waals surface area contributed by atoms with E-state index in [1.54, 1.807) is 12.0 Å². The number of pyridine rings is 1. The number of benzene rings is 1. The first-order chi connectivity index (χ1) is 15.3. The molecule has 4 rings (SSSR count). The third kappa shape index (κ3) is 4.42. The number of amides is 1. The number of carbonyl (C=O) groups excluding carboxylic acids is 1. The molecule has 0 unspecified atom stereocenters. The summed E-state index contributed by atoms with van der Waals surface area (Å²) in [5, 5.41) is 3.56. The summed E-state index contributed by atoms with van der Waals surface area (Å²) < 4.78 is 51.2. The Morgan fingerprint density at radius 3 is 2.66 bits per heavy atom. The Balaban J connectivity index is 1.42. The number of para-hydroxylation sites is 1. The predicted octanol–water partition coefficient (Wildman–Crippen LogP) is 4.90. The summed E-state index contributed by atoms with van der Waals surface area (Å²) in [5.41, 5.74) is 0.607. The SMILES string of the molecule is COc1ccccc1CCC(=O)N1CCC(c2cc(C(F)(F)F)c3c(C)noc3n2)CC1. The molecule has 0 N–H and O–H groups in total. The van der Waals surface area contributed by atoms with Crippen LogP contribution in [0.4, 0.5) is 13.2 Å². The minimum atomic E-state index is -4.53. The molecular weight excluding hydrogens is 423 g/mol. The van der Waals surface area contributed by atoms with Crippen LogP contribution in [-0.4, -0.2) is 41.1 Å². The first-order valence-corrected chi connectivity index (χ1v) is 10.5. The van der Waals surface area contributed by atoms with Crippen molar-refractivity contribution in [3.63, 3.8) is 0 Å². The van der Waals surface area contributed by atoms with Crippen LogP contribution in [0.15, 0.2) is 34.9 Å². The summed E-state index contributed by atoms with van der Waals surface area (Å²) in [5.74, 6) is 0.604. The molecule has 170 valence electrons. The Bertz CT molecular complexity index is 1120. The van der Waals surface area contributed by atoms with Gasteiger partial charge in [0.15, 0.2) is 0 Å². The third-order valence-electron chi connectivity index (χ3n) is 6.01. The largest absolute Gasteiger partial charge is 0.496 e. The van der Waals surface area contributed by atoms with E-state index < -0.39 is 11.7 Å². The van der Waals surface area contributed by atoms with Gasteiger partial charge < -0.3 is 14.2 Å². The number of nitrogens with zero attached hydrogens (tertiary/aromatic N) is 3. The number of hydrogen-bond acceptors (Lipinski definition) is 5. The lowest BCUT2D eigenvalue weighted by Crippen LogP contribution is -2.38. The summed E-state index contributed by atoms with van der Waals surface area (Å²) in [6.45, 7) is 2.43. The number of alkyl halides is 3. The summed E-state index contributed by atoms with van der Waals surface area (Å²) in [4.78, 5) is 18.8. The zero-order chi connectivity index (χ0) is 22.9. The van der Waals surface area contributed by atoms with Gasteiger partial charge >= 0.3 is 6.18 Å². The van der Waals surface area contributed by atoms with Gasteiger partial charge in [-0.2, -0.15) is 13.2 Å². The monoisotopic (exact) mass is 447 g/mol. The molecule has 0 aliphatic carbocycles. The molecule has 3 aromatic rings. The van der Waals surface area contributed by atoms with Gasteiger partial charge in [-0.3, -0.25) is 4.79 Å². The van der Waals surface area contributed by atoms with Crippen molar-refractivity contribution in [3.8, 4) is 5.75 Å². The van der Waals surface area contributed by atoms with Crippen molar-refractivity contribution in [2.75, 3.05) is 20.2 Å². The van der Waals surface area contributed by atoms with E-state index >= 15 is 0 Å². The van der Waals surface area contributed by atoms with Crippen molar-refractivity contribution in [1.82, 2.24) is 15.0 Å². The second-order valence-electron chi connectivity index (χ2n) is 8.01. The third-order valence-corrected chi connectivity index (χ3v) is 6.01. The molecule has 1 aromatic carbocycles. The number of aryl methyl sites for hydroxylation is 2. The normalized spacial score (nSPS) is 15.3. The second-order valence-corrected chi connectivity index (χ2v) is 8.01. The number of halogens is 3. The summed E-state index contributed by atoms with van der Waals surface area (Å²) in [7, 11) is 1.60. The molecule has 6 nitrogen and oxygen atoms in total. The molecule has 1 fully saturated rings. The van der Waals surface area contributed by atoms with Crippen LogP contribution in [0.1, 0.15) is 47.7 Å². The van der Waals surface area contributed by atoms with Crippen LogP contribution < -0.4 is 4.74 Å². The lowest BCUT2D eigenvalue weighted by Gasteiger charge is -2.32. The number of rotatable bonds is 5. The van der Waals surface area contributed by atoms with Crippen LogP contribution in [0.3, 0.4) is 0 Å². The average Bonchev–Trinajstić information content (AvgIpc) is 3.17. The van der Waals surface area contributed by atoms with E-state index in [0.717, 1.165) is 17.4 Å². The Labute approximate surface area is 183 Å². The van der Waals surface area contributed by atoms with Gasteiger partial charge in [-0.05, 0) is 43.9 Å². The maximum Gasteiger partial charge on any atom is 0.417 e. The molecule has 0 saturated carbocycles. The molecule has 0 bridgehead atoms. The highest BCUT2D eigenvalue weighted by Crippen LogP contribution is 2.38. The first-order valence-electron chi connectivity index (χ1n) is 10.5. The van der Waals surface area contributed by atoms with Crippen molar-refractivity contribution in [2.24, 2.45) is 0 Å². The van der Waals surface area contributed by atoms with E-state index in [4.69, 9.17) is 9.26 Å². The molecule has 0 atom stereocenters. The van der Waals surface area contributed by atoms with E-state index in [-0.39, 0.29) is 28.6 Å². The van der Waals surface area contributed by atoms with Gasteiger partial charge in [0, 0.05) is 31.1 Å². The quantitative estimate of drug-likeness (QED) is 0.557. The lowest BCUT2D eigenvalue weighted by atomic mass is 9.91. The van der Waals surface area contributed by atoms with Crippen LogP contribution in [0.2, 0.25) is 0 Å². The van der Waals surface area contributed by atoms with E-state index in [2.05, 4.69) is 10.1 Å². The average molecular weight is 447 g/mol. The van der Waals surface area contributed by atoms with Gasteiger partial charge in [0.2, 0.25) is 5.91 Å². The number of hydrogen-bond donors (Lipinski definition) is 0. The minimum absolute atomic E-state index is 0.0274. The Morgan fingerprint density at radius 1 is 1.25 bits per heavy atom. The van der Waals surface area contributed by atoms with Crippen molar-refractivity contribution >= 4 is 17.0 Å². The number of fused-ring (bicyclic) bond motifs is 1. The Hall–Kier alpha value is -3.10. The van der Waals surface area contributed by atoms with Gasteiger partial charge in [-0.25, -0.2) is 4.98 Å². The highest BCUT2D eigenvalue weighted by molar-refractivity contribution is 5.81. The topological polar surface area (TPSA) is 68.5 Å². The van der Waals surface area contributed by atoms with Crippen LogP contribution in [0.25, 0.3) is 11.1 Å². The summed E-state index contributed by atoms with van der Waals surface area (Å²) >= 11 is 0. The first kappa shape index (κ1) is 22.1. The molecule has 1 amide bonds. The zero-order valence-electron chi connectivity index (χ0n) is 17.9. The van der Waals surface area contributed by atoms with E-state index in [1.165, 1.54) is 6.92 Å². The van der Waals surface area contributed by atoms with Crippen LogP contribution in [0.5, 0.6) is 5.75 Å². The Morgan fingerprint density at radius 2 is 1.97 bits per heavy atom. The highest BCUT2D eigenvalue weighted by atomic mass is 19.4. The van der Waals surface area contributed by atoms with Gasteiger partial charge in [0.25, 0.3) is 5.71 Å². The predicted molar refractivity (Wildman–Crippen MR) is 111 cm³/mol. The van der Waals surface area contributed by atoms with Crippen molar-refractivity contribution in [1.29, 1.82) is 0 Å². The van der Waals surface area contributed by atoms with E-state index in [1.807, 2.05) is 24.3 Å². The molecule has 2 aromatic heterocycles. The number of ether oxygens (including phenoxy) is 1. The molecule has 0 radical (unpaired) electrons. The maximum atomic E-state index is 13.6. The molecular formula is C23H24F3N3O3. The van der Waals surface area contributed by atoms with Crippen LogP contribution >= 0.6 is 0 Å². The lowest BCUT2D eigenvalue weighted by molar-refractivity contribution is -0.136. The zero-order valence-corrected chi connectivity index (χ0v) is 17.9. The van der Waals surface area contributed by atoms with Gasteiger partial charge in [-0.15, -0.1) is 0 Å². The fourth-order valence-electron chi connectivity index (χ4n) is 4.28. The summed E-state index contributed by atoms with van der Waals surface area (Å²) in [6, 6.07) is 8.69. The van der Waals surface area contributed by atoms with Gasteiger partial charge in [0.05, 0.1) is 23.8 Å². The molecule has 1 saturated heterocycles. The van der Waals surface area contributed by atoms with Crippen LogP contribution in [0, 0.1) is 6.92 Å². The molecule has 3 heterocycles. The standard InChI is InChI=1S/C23H24F3N3O3/c1-14-21-17(23(24,25)26)13-18(27-22(21)32-28-14)15-9-11-29(12-10-15)20(30)8-7-16-5-3-4-6-19(16)31-2/h3-6,13,15H,7-12H2,1-2H3. The number of likely N-dealkylation sites (tertiary alicyclic amines) is 1. The fourth-order valence-corrected chi connectivity index (χ4v) is 4.28. The molecule has 0 spiro atoms.